The molecular formula is C57H35NO. The Morgan fingerprint density at radius 2 is 0.847 bits per heavy atom. The molecule has 1 heterocycles. The van der Waals surface area contributed by atoms with Crippen molar-refractivity contribution >= 4 is 38.6 Å². The van der Waals surface area contributed by atoms with Crippen molar-refractivity contribution in [1.29, 1.82) is 0 Å². The van der Waals surface area contributed by atoms with E-state index >= 15 is 0 Å². The van der Waals surface area contributed by atoms with Crippen molar-refractivity contribution in [1.82, 2.24) is 0 Å². The average Bonchev–Trinajstić information content (AvgIpc) is 3.60. The largest absolute Gasteiger partial charge is 0.457 e. The summed E-state index contributed by atoms with van der Waals surface area (Å²) in [4.78, 5) is 2.51. The normalized spacial score (nSPS) is 13.4. The molecule has 10 aromatic carbocycles. The van der Waals surface area contributed by atoms with Gasteiger partial charge in [-0.25, -0.2) is 0 Å². The van der Waals surface area contributed by atoms with E-state index in [1.165, 1.54) is 77.2 Å². The van der Waals surface area contributed by atoms with Gasteiger partial charge >= 0.3 is 0 Å². The highest BCUT2D eigenvalue weighted by Crippen LogP contribution is 2.64. The molecule has 0 atom stereocenters. The zero-order valence-corrected chi connectivity index (χ0v) is 32.1. The van der Waals surface area contributed by atoms with Gasteiger partial charge in [-0.05, 0) is 127 Å². The molecule has 2 nitrogen and oxygen atoms in total. The van der Waals surface area contributed by atoms with Crippen molar-refractivity contribution in [2.24, 2.45) is 0 Å². The van der Waals surface area contributed by atoms with E-state index in [0.29, 0.717) is 0 Å². The van der Waals surface area contributed by atoms with Crippen LogP contribution in [0.2, 0.25) is 0 Å². The van der Waals surface area contributed by atoms with Crippen molar-refractivity contribution in [2.45, 2.75) is 5.41 Å². The molecule has 0 fully saturated rings. The summed E-state index contributed by atoms with van der Waals surface area (Å²) in [6.07, 6.45) is 0. The van der Waals surface area contributed by atoms with Crippen LogP contribution < -0.4 is 9.64 Å². The molecule has 0 amide bonds. The summed E-state index contributed by atoms with van der Waals surface area (Å²) in [6, 6.07) is 78.0. The van der Waals surface area contributed by atoms with Crippen molar-refractivity contribution in [3.8, 4) is 56.0 Å². The lowest BCUT2D eigenvalue weighted by Crippen LogP contribution is -2.32. The van der Waals surface area contributed by atoms with Crippen LogP contribution in [0.4, 0.5) is 17.1 Å². The Bertz CT molecular complexity index is 3320. The van der Waals surface area contributed by atoms with Crippen LogP contribution in [0.1, 0.15) is 22.3 Å². The van der Waals surface area contributed by atoms with Crippen LogP contribution in [0.5, 0.6) is 11.5 Å². The first-order chi connectivity index (χ1) is 29.3. The summed E-state index contributed by atoms with van der Waals surface area (Å²) >= 11 is 0. The van der Waals surface area contributed by atoms with Crippen LogP contribution in [0.3, 0.4) is 0 Å². The van der Waals surface area contributed by atoms with E-state index in [0.717, 1.165) is 39.7 Å². The van der Waals surface area contributed by atoms with Crippen molar-refractivity contribution < 1.29 is 4.74 Å². The highest BCUT2D eigenvalue weighted by Gasteiger charge is 2.52. The number of anilines is 3. The SMILES string of the molecule is c1ccc(-c2ccc(N(c3cccc4c3-c3ccccc3C43c4ccccc4Oc4ccccc43)c3cccc4cc5c(cc34)-c3cc4ccccc4cc3-5)cc2)cc1. The molecule has 0 unspecified atom stereocenters. The van der Waals surface area contributed by atoms with Gasteiger partial charge in [-0.15, -0.1) is 0 Å². The Morgan fingerprint density at radius 1 is 0.339 bits per heavy atom. The van der Waals surface area contributed by atoms with Gasteiger partial charge in [0.1, 0.15) is 11.5 Å². The van der Waals surface area contributed by atoms with Gasteiger partial charge in [0.15, 0.2) is 0 Å². The van der Waals surface area contributed by atoms with Crippen LogP contribution in [-0.4, -0.2) is 0 Å². The molecular weight excluding hydrogens is 715 g/mol. The third-order valence-corrected chi connectivity index (χ3v) is 13.0. The summed E-state index contributed by atoms with van der Waals surface area (Å²) in [6.45, 7) is 0. The van der Waals surface area contributed by atoms with Gasteiger partial charge in [0.25, 0.3) is 0 Å². The lowest BCUT2D eigenvalue weighted by molar-refractivity contribution is 0.436. The average molecular weight is 750 g/mol. The Labute approximate surface area is 342 Å². The minimum Gasteiger partial charge on any atom is -0.457 e. The predicted molar refractivity (Wildman–Crippen MR) is 243 cm³/mol. The molecule has 10 aromatic rings. The van der Waals surface area contributed by atoms with Crippen LogP contribution in [0.15, 0.2) is 212 Å². The fourth-order valence-electron chi connectivity index (χ4n) is 10.5. The van der Waals surface area contributed by atoms with E-state index < -0.39 is 5.41 Å². The maximum atomic E-state index is 6.67. The fourth-order valence-corrected chi connectivity index (χ4v) is 10.5. The Hall–Kier alpha value is -7.68. The van der Waals surface area contributed by atoms with Crippen LogP contribution in [0, 0.1) is 0 Å². The minimum atomic E-state index is -0.565. The number of benzene rings is 10. The molecule has 0 bridgehead atoms. The fraction of sp³-hybridized carbons (Fsp3) is 0.0175. The number of ether oxygens (including phenoxy) is 1. The molecule has 59 heavy (non-hydrogen) atoms. The number of nitrogens with zero attached hydrogens (tertiary/aromatic N) is 1. The molecule has 13 rings (SSSR count). The van der Waals surface area contributed by atoms with Crippen LogP contribution >= 0.6 is 0 Å². The number of hydrogen-bond donors (Lipinski definition) is 0. The van der Waals surface area contributed by atoms with Gasteiger partial charge < -0.3 is 9.64 Å². The van der Waals surface area contributed by atoms with E-state index in [2.05, 4.69) is 217 Å². The van der Waals surface area contributed by atoms with E-state index in [4.69, 9.17) is 4.74 Å². The second-order valence-electron chi connectivity index (χ2n) is 16.0. The highest BCUT2D eigenvalue weighted by atomic mass is 16.5. The second-order valence-corrected chi connectivity index (χ2v) is 16.0. The molecule has 0 saturated carbocycles. The van der Waals surface area contributed by atoms with E-state index in [1.54, 1.807) is 0 Å². The van der Waals surface area contributed by atoms with Crippen molar-refractivity contribution in [2.75, 3.05) is 4.90 Å². The monoisotopic (exact) mass is 749 g/mol. The number of fused-ring (bicyclic) bond motifs is 15. The smallest absolute Gasteiger partial charge is 0.132 e. The maximum Gasteiger partial charge on any atom is 0.132 e. The molecule has 0 radical (unpaired) electrons. The van der Waals surface area contributed by atoms with Gasteiger partial charge in [0, 0.05) is 27.8 Å². The molecule has 1 aliphatic heterocycles. The lowest BCUT2D eigenvalue weighted by Gasteiger charge is -2.39. The molecule has 274 valence electrons. The molecule has 1 spiro atoms. The van der Waals surface area contributed by atoms with E-state index in [9.17, 15) is 0 Å². The lowest BCUT2D eigenvalue weighted by atomic mass is 9.66. The topological polar surface area (TPSA) is 12.5 Å². The third-order valence-electron chi connectivity index (χ3n) is 13.0. The van der Waals surface area contributed by atoms with Gasteiger partial charge in [-0.3, -0.25) is 0 Å². The molecule has 2 heteroatoms. The zero-order valence-electron chi connectivity index (χ0n) is 32.1. The first-order valence-corrected chi connectivity index (χ1v) is 20.4. The number of para-hydroxylation sites is 2. The maximum absolute atomic E-state index is 6.67. The second kappa shape index (κ2) is 12.2. The molecule has 0 aromatic heterocycles. The van der Waals surface area contributed by atoms with Gasteiger partial charge in [-0.1, -0.05) is 152 Å². The summed E-state index contributed by atoms with van der Waals surface area (Å²) < 4.78 is 6.67. The third kappa shape index (κ3) is 4.46. The van der Waals surface area contributed by atoms with E-state index in [-0.39, 0.29) is 0 Å². The van der Waals surface area contributed by atoms with Crippen molar-refractivity contribution in [3.05, 3.63) is 235 Å². The molecule has 2 aliphatic carbocycles. The quantitative estimate of drug-likeness (QED) is 0.178. The first kappa shape index (κ1) is 32.4. The highest BCUT2D eigenvalue weighted by molar-refractivity contribution is 6.14. The predicted octanol–water partition coefficient (Wildman–Crippen LogP) is 15.2. The minimum absolute atomic E-state index is 0.565. The molecule has 0 N–H and O–H groups in total. The molecule has 3 aliphatic rings. The number of hydrogen-bond acceptors (Lipinski definition) is 2. The van der Waals surface area contributed by atoms with Gasteiger partial charge in [0.05, 0.1) is 16.8 Å². The summed E-state index contributed by atoms with van der Waals surface area (Å²) in [5.74, 6) is 1.79. The Kier molecular flexibility index (Phi) is 6.68. The number of rotatable bonds is 4. The van der Waals surface area contributed by atoms with Gasteiger partial charge in [0.2, 0.25) is 0 Å². The molecule has 0 saturated heterocycles. The van der Waals surface area contributed by atoms with Crippen LogP contribution in [-0.2, 0) is 5.41 Å². The standard InChI is InChI=1S/C57H35NO/c1-2-14-36(15-3-1)37-28-30-41(31-29-37)58(52-24-12-18-40-34-46-44-32-38-16-4-5-17-39(38)33-45(44)47(46)35-43(40)52)53-25-13-23-51-56(53)42-19-6-7-20-48(42)57(51)49-21-8-10-26-54(49)59-55-27-11-9-22-50(55)57/h1-35H. The Morgan fingerprint density at radius 3 is 1.56 bits per heavy atom. The summed E-state index contributed by atoms with van der Waals surface area (Å²) in [7, 11) is 0. The zero-order chi connectivity index (χ0) is 38.7. The summed E-state index contributed by atoms with van der Waals surface area (Å²) in [5.41, 5.74) is 17.8. The van der Waals surface area contributed by atoms with Crippen LogP contribution in [0.25, 0.3) is 66.1 Å². The van der Waals surface area contributed by atoms with Crippen molar-refractivity contribution in [3.63, 3.8) is 0 Å². The van der Waals surface area contributed by atoms with Gasteiger partial charge in [-0.2, -0.15) is 0 Å². The Balaban J connectivity index is 1.09. The van der Waals surface area contributed by atoms with E-state index in [1.807, 2.05) is 0 Å². The first-order valence-electron chi connectivity index (χ1n) is 20.4. The summed E-state index contributed by atoms with van der Waals surface area (Å²) in [5, 5.41) is 5.00.